The van der Waals surface area contributed by atoms with Crippen molar-refractivity contribution in [3.05, 3.63) is 72.8 Å². The Morgan fingerprint density at radius 2 is 1.38 bits per heavy atom. The van der Waals surface area contributed by atoms with E-state index >= 15 is 0 Å². The zero-order valence-corrected chi connectivity index (χ0v) is 14.7. The van der Waals surface area contributed by atoms with Gasteiger partial charge in [0.2, 0.25) is 0 Å². The van der Waals surface area contributed by atoms with Crippen LogP contribution in [0.2, 0.25) is 0 Å². The van der Waals surface area contributed by atoms with Crippen LogP contribution >= 0.6 is 0 Å². The van der Waals surface area contributed by atoms with Crippen LogP contribution in [0, 0.1) is 0 Å². The predicted octanol–water partition coefficient (Wildman–Crippen LogP) is 5.71. The number of hydrogen-bond donors (Lipinski definition) is 1. The van der Waals surface area contributed by atoms with Crippen LogP contribution in [0.4, 0.5) is 17.1 Å². The van der Waals surface area contributed by atoms with E-state index in [4.69, 9.17) is 0 Å². The van der Waals surface area contributed by atoms with E-state index in [1.165, 1.54) is 0 Å². The van der Waals surface area contributed by atoms with Crippen molar-refractivity contribution in [3.8, 4) is 11.4 Å². The van der Waals surface area contributed by atoms with E-state index in [0.717, 1.165) is 39.5 Å². The summed E-state index contributed by atoms with van der Waals surface area (Å²) in [7, 11) is 4.03. The molecule has 0 saturated heterocycles. The first-order valence-corrected chi connectivity index (χ1v) is 8.43. The third kappa shape index (κ3) is 3.32. The molecule has 5 heteroatoms. The quantitative estimate of drug-likeness (QED) is 0.483. The number of imidazole rings is 1. The van der Waals surface area contributed by atoms with Crippen LogP contribution < -0.4 is 4.90 Å². The Hall–Kier alpha value is -3.47. The summed E-state index contributed by atoms with van der Waals surface area (Å²) >= 11 is 0. The first-order valence-electron chi connectivity index (χ1n) is 8.43. The number of nitrogens with zero attached hydrogens (tertiary/aromatic N) is 4. The number of H-pyrrole nitrogens is 1. The van der Waals surface area contributed by atoms with Crippen molar-refractivity contribution in [2.75, 3.05) is 19.0 Å². The van der Waals surface area contributed by atoms with E-state index in [2.05, 4.69) is 25.1 Å². The summed E-state index contributed by atoms with van der Waals surface area (Å²) in [6.07, 6.45) is 0. The standard InChI is InChI=1S/C21H19N5/c1-26(2)18-13-11-17(12-14-18)25-24-16-9-7-15(8-10-16)21-22-19-5-3-4-6-20(19)23-21/h3-14H,1-2H3,(H,22,23). The molecular weight excluding hydrogens is 322 g/mol. The molecule has 0 saturated carbocycles. The molecule has 0 spiro atoms. The Kier molecular flexibility index (Phi) is 4.19. The summed E-state index contributed by atoms with van der Waals surface area (Å²) in [5, 5.41) is 8.61. The van der Waals surface area contributed by atoms with E-state index in [9.17, 15) is 0 Å². The SMILES string of the molecule is CN(C)c1ccc(N=Nc2ccc(-c3nc4ccccc4[nH]3)cc2)cc1. The highest BCUT2D eigenvalue weighted by molar-refractivity contribution is 5.79. The Bertz CT molecular complexity index is 1010. The minimum atomic E-state index is 0.807. The summed E-state index contributed by atoms with van der Waals surface area (Å²) in [5.74, 6) is 0.856. The van der Waals surface area contributed by atoms with Gasteiger partial charge in [-0.05, 0) is 60.7 Å². The zero-order valence-electron chi connectivity index (χ0n) is 14.7. The largest absolute Gasteiger partial charge is 0.378 e. The number of fused-ring (bicyclic) bond motifs is 1. The van der Waals surface area contributed by atoms with Gasteiger partial charge in [-0.15, -0.1) is 0 Å². The molecule has 1 heterocycles. The van der Waals surface area contributed by atoms with Crippen molar-refractivity contribution in [3.63, 3.8) is 0 Å². The van der Waals surface area contributed by atoms with Gasteiger partial charge in [0.15, 0.2) is 0 Å². The highest BCUT2D eigenvalue weighted by atomic mass is 15.1. The molecule has 1 aromatic heterocycles. The molecule has 0 atom stereocenters. The van der Waals surface area contributed by atoms with Crippen LogP contribution in [-0.2, 0) is 0 Å². The monoisotopic (exact) mass is 341 g/mol. The van der Waals surface area contributed by atoms with Crippen LogP contribution in [0.1, 0.15) is 0 Å². The van der Waals surface area contributed by atoms with Crippen molar-refractivity contribution in [1.29, 1.82) is 0 Å². The molecule has 26 heavy (non-hydrogen) atoms. The molecule has 0 aliphatic heterocycles. The van der Waals surface area contributed by atoms with Gasteiger partial charge >= 0.3 is 0 Å². The van der Waals surface area contributed by atoms with Gasteiger partial charge in [-0.2, -0.15) is 10.2 Å². The van der Waals surface area contributed by atoms with Crippen molar-refractivity contribution in [2.24, 2.45) is 10.2 Å². The fourth-order valence-corrected chi connectivity index (χ4v) is 2.71. The van der Waals surface area contributed by atoms with E-state index in [0.29, 0.717) is 0 Å². The third-order valence-electron chi connectivity index (χ3n) is 4.18. The highest BCUT2D eigenvalue weighted by Gasteiger charge is 2.04. The number of azo groups is 1. The summed E-state index contributed by atoms with van der Waals surface area (Å²) in [6, 6.07) is 23.9. The number of benzene rings is 3. The Morgan fingerprint density at radius 3 is 2.00 bits per heavy atom. The lowest BCUT2D eigenvalue weighted by atomic mass is 10.2. The van der Waals surface area contributed by atoms with Crippen LogP contribution in [0.3, 0.4) is 0 Å². The molecule has 0 amide bonds. The van der Waals surface area contributed by atoms with Crippen molar-refractivity contribution < 1.29 is 0 Å². The lowest BCUT2D eigenvalue weighted by Gasteiger charge is -2.11. The second-order valence-corrected chi connectivity index (χ2v) is 6.26. The van der Waals surface area contributed by atoms with E-state index < -0.39 is 0 Å². The normalized spacial score (nSPS) is 11.3. The summed E-state index contributed by atoms with van der Waals surface area (Å²) in [4.78, 5) is 10.0. The maximum Gasteiger partial charge on any atom is 0.138 e. The molecule has 3 aromatic carbocycles. The molecule has 0 unspecified atom stereocenters. The molecule has 128 valence electrons. The van der Waals surface area contributed by atoms with Gasteiger partial charge < -0.3 is 9.88 Å². The van der Waals surface area contributed by atoms with Gasteiger partial charge in [-0.25, -0.2) is 4.98 Å². The molecule has 0 aliphatic carbocycles. The van der Waals surface area contributed by atoms with E-state index in [1.807, 2.05) is 86.9 Å². The topological polar surface area (TPSA) is 56.6 Å². The number of hydrogen-bond acceptors (Lipinski definition) is 4. The number of rotatable bonds is 4. The van der Waals surface area contributed by atoms with E-state index in [1.54, 1.807) is 0 Å². The summed E-state index contributed by atoms with van der Waals surface area (Å²) in [5.41, 5.74) is 5.80. The first-order chi connectivity index (χ1) is 12.7. The number of anilines is 1. The van der Waals surface area contributed by atoms with Crippen molar-refractivity contribution >= 4 is 28.1 Å². The number of para-hydroxylation sites is 2. The van der Waals surface area contributed by atoms with Crippen LogP contribution in [0.5, 0.6) is 0 Å². The van der Waals surface area contributed by atoms with Gasteiger partial charge in [-0.3, -0.25) is 0 Å². The Balaban J connectivity index is 1.52. The van der Waals surface area contributed by atoms with Gasteiger partial charge in [0, 0.05) is 25.3 Å². The Morgan fingerprint density at radius 1 is 0.769 bits per heavy atom. The van der Waals surface area contributed by atoms with Gasteiger partial charge in [0.1, 0.15) is 5.82 Å². The molecular formula is C21H19N5. The van der Waals surface area contributed by atoms with Crippen LogP contribution in [-0.4, -0.2) is 24.1 Å². The molecule has 0 bridgehead atoms. The Labute approximate surface area is 152 Å². The van der Waals surface area contributed by atoms with E-state index in [-0.39, 0.29) is 0 Å². The molecule has 5 nitrogen and oxygen atoms in total. The average Bonchev–Trinajstić information content (AvgIpc) is 3.11. The van der Waals surface area contributed by atoms with Crippen LogP contribution in [0.15, 0.2) is 83.0 Å². The number of nitrogens with one attached hydrogen (secondary N) is 1. The molecule has 0 radical (unpaired) electrons. The predicted molar refractivity (Wildman–Crippen MR) is 106 cm³/mol. The average molecular weight is 341 g/mol. The van der Waals surface area contributed by atoms with Crippen molar-refractivity contribution in [2.45, 2.75) is 0 Å². The lowest BCUT2D eigenvalue weighted by Crippen LogP contribution is -2.07. The highest BCUT2D eigenvalue weighted by Crippen LogP contribution is 2.25. The zero-order chi connectivity index (χ0) is 17.9. The van der Waals surface area contributed by atoms with Crippen molar-refractivity contribution in [1.82, 2.24) is 9.97 Å². The second kappa shape index (κ2) is 6.80. The second-order valence-electron chi connectivity index (χ2n) is 6.26. The maximum atomic E-state index is 4.62. The molecule has 1 N–H and O–H groups in total. The fraction of sp³-hybridized carbons (Fsp3) is 0.0952. The van der Waals surface area contributed by atoms with Gasteiger partial charge in [0.05, 0.1) is 22.4 Å². The number of aromatic amines is 1. The summed E-state index contributed by atoms with van der Waals surface area (Å²) in [6.45, 7) is 0. The summed E-state index contributed by atoms with van der Waals surface area (Å²) < 4.78 is 0. The third-order valence-corrected chi connectivity index (χ3v) is 4.18. The molecule has 0 fully saturated rings. The molecule has 4 aromatic rings. The number of aromatic nitrogens is 2. The minimum Gasteiger partial charge on any atom is -0.378 e. The lowest BCUT2D eigenvalue weighted by molar-refractivity contribution is 1.13. The first kappa shape index (κ1) is 16.0. The van der Waals surface area contributed by atoms with Gasteiger partial charge in [-0.1, -0.05) is 12.1 Å². The smallest absolute Gasteiger partial charge is 0.138 e. The van der Waals surface area contributed by atoms with Crippen LogP contribution in [0.25, 0.3) is 22.4 Å². The maximum absolute atomic E-state index is 4.62. The van der Waals surface area contributed by atoms with Gasteiger partial charge in [0.25, 0.3) is 0 Å². The minimum absolute atomic E-state index is 0.807. The molecule has 4 rings (SSSR count). The molecule has 0 aliphatic rings. The fourth-order valence-electron chi connectivity index (χ4n) is 2.71.